The molecule has 0 aliphatic carbocycles. The van der Waals surface area contributed by atoms with Crippen molar-refractivity contribution in [2.24, 2.45) is 0 Å². The van der Waals surface area contributed by atoms with Crippen molar-refractivity contribution in [2.75, 3.05) is 54.1 Å². The fraction of sp³-hybridized carbons (Fsp3) is 0.417. The molecule has 1 amide bonds. The average Bonchev–Trinajstić information content (AvgIpc) is 2.83. The summed E-state index contributed by atoms with van der Waals surface area (Å²) in [6.07, 6.45) is 0. The molecule has 0 spiro atoms. The number of benzene rings is 2. The zero-order chi connectivity index (χ0) is 22.9. The van der Waals surface area contributed by atoms with Crippen molar-refractivity contribution >= 4 is 11.9 Å². The van der Waals surface area contributed by atoms with Crippen LogP contribution in [0.1, 0.15) is 21.5 Å². The Morgan fingerprint density at radius 3 is 2.09 bits per heavy atom. The predicted molar refractivity (Wildman–Crippen MR) is 121 cm³/mol. The van der Waals surface area contributed by atoms with Gasteiger partial charge in [0.1, 0.15) is 0 Å². The second-order valence-electron chi connectivity index (χ2n) is 7.71. The molecule has 2 aromatic rings. The Kier molecular flexibility index (Phi) is 8.47. The summed E-state index contributed by atoms with van der Waals surface area (Å²) in [7, 11) is 4.63. The van der Waals surface area contributed by atoms with Crippen molar-refractivity contribution in [1.82, 2.24) is 15.1 Å². The minimum Gasteiger partial charge on any atom is -0.493 e. The maximum Gasteiger partial charge on any atom is 0.337 e. The molecule has 8 heteroatoms. The van der Waals surface area contributed by atoms with E-state index in [1.165, 1.54) is 12.7 Å². The van der Waals surface area contributed by atoms with Gasteiger partial charge >= 0.3 is 5.97 Å². The zero-order valence-electron chi connectivity index (χ0n) is 18.9. The second-order valence-corrected chi connectivity index (χ2v) is 7.71. The number of amides is 1. The van der Waals surface area contributed by atoms with Crippen LogP contribution < -0.4 is 14.8 Å². The van der Waals surface area contributed by atoms with E-state index in [4.69, 9.17) is 14.2 Å². The molecule has 32 heavy (non-hydrogen) atoms. The van der Waals surface area contributed by atoms with E-state index in [0.29, 0.717) is 18.7 Å². The molecule has 0 bridgehead atoms. The molecule has 0 radical (unpaired) electrons. The van der Waals surface area contributed by atoms with Gasteiger partial charge in [0.15, 0.2) is 11.5 Å². The van der Waals surface area contributed by atoms with E-state index in [9.17, 15) is 9.59 Å². The van der Waals surface area contributed by atoms with Crippen LogP contribution in [0.25, 0.3) is 0 Å². The van der Waals surface area contributed by atoms with E-state index < -0.39 is 0 Å². The number of carbonyl (C=O) groups excluding carboxylic acids is 2. The maximum absolute atomic E-state index is 12.3. The summed E-state index contributed by atoms with van der Waals surface area (Å²) >= 11 is 0. The largest absolute Gasteiger partial charge is 0.493 e. The van der Waals surface area contributed by atoms with Crippen LogP contribution in [0.15, 0.2) is 42.5 Å². The third-order valence-electron chi connectivity index (χ3n) is 5.55. The van der Waals surface area contributed by atoms with Gasteiger partial charge in [-0.1, -0.05) is 18.2 Å². The number of carbonyl (C=O) groups is 2. The van der Waals surface area contributed by atoms with Crippen LogP contribution in [0.5, 0.6) is 11.5 Å². The number of hydrogen-bond acceptors (Lipinski definition) is 7. The number of ether oxygens (including phenoxy) is 3. The van der Waals surface area contributed by atoms with Crippen molar-refractivity contribution in [3.05, 3.63) is 59.2 Å². The lowest BCUT2D eigenvalue weighted by Gasteiger charge is -2.34. The summed E-state index contributed by atoms with van der Waals surface area (Å²) in [5.41, 5.74) is 2.60. The van der Waals surface area contributed by atoms with Gasteiger partial charge in [-0.25, -0.2) is 4.79 Å². The summed E-state index contributed by atoms with van der Waals surface area (Å²) < 4.78 is 15.4. The Morgan fingerprint density at radius 1 is 0.844 bits per heavy atom. The number of piperazine rings is 1. The van der Waals surface area contributed by atoms with Gasteiger partial charge in [-0.2, -0.15) is 0 Å². The lowest BCUT2D eigenvalue weighted by Crippen LogP contribution is -2.49. The third-order valence-corrected chi connectivity index (χ3v) is 5.55. The van der Waals surface area contributed by atoms with Gasteiger partial charge < -0.3 is 19.5 Å². The first-order valence-electron chi connectivity index (χ1n) is 10.6. The molecule has 1 fully saturated rings. The Bertz CT molecular complexity index is 908. The van der Waals surface area contributed by atoms with E-state index in [1.54, 1.807) is 26.4 Å². The standard InChI is InChI=1S/C24H31N3O5/c1-30-21-9-6-19(14-22(21)31-2)16-26-10-12-27(13-11-26)17-23(28)25-15-18-4-7-20(8-5-18)24(29)32-3/h4-9,14H,10-13,15-17H2,1-3H3,(H,25,28). The number of nitrogens with zero attached hydrogens (tertiary/aromatic N) is 2. The molecule has 1 saturated heterocycles. The molecule has 0 saturated carbocycles. The average molecular weight is 442 g/mol. The molecule has 0 atom stereocenters. The van der Waals surface area contributed by atoms with Crippen LogP contribution in [-0.2, 0) is 22.6 Å². The molecule has 2 aromatic carbocycles. The Labute approximate surface area is 189 Å². The molecule has 1 N–H and O–H groups in total. The van der Waals surface area contributed by atoms with Gasteiger partial charge in [-0.3, -0.25) is 14.6 Å². The molecular weight excluding hydrogens is 410 g/mol. The van der Waals surface area contributed by atoms with Crippen molar-refractivity contribution in [3.8, 4) is 11.5 Å². The summed E-state index contributed by atoms with van der Waals surface area (Å²) in [5.74, 6) is 1.09. The van der Waals surface area contributed by atoms with E-state index in [1.807, 2.05) is 24.3 Å². The van der Waals surface area contributed by atoms with Gasteiger partial charge in [0.05, 0.1) is 33.4 Å². The summed E-state index contributed by atoms with van der Waals surface area (Å²) in [5, 5.41) is 2.95. The number of nitrogens with one attached hydrogen (secondary N) is 1. The Morgan fingerprint density at radius 2 is 1.47 bits per heavy atom. The zero-order valence-corrected chi connectivity index (χ0v) is 18.9. The molecule has 0 aromatic heterocycles. The molecule has 1 aliphatic rings. The summed E-state index contributed by atoms with van der Waals surface area (Å²) in [4.78, 5) is 28.4. The van der Waals surface area contributed by atoms with Crippen LogP contribution in [0.2, 0.25) is 0 Å². The minimum atomic E-state index is -0.370. The van der Waals surface area contributed by atoms with Gasteiger partial charge in [-0.15, -0.1) is 0 Å². The number of rotatable bonds is 9. The first-order chi connectivity index (χ1) is 15.5. The highest BCUT2D eigenvalue weighted by Gasteiger charge is 2.19. The van der Waals surface area contributed by atoms with E-state index in [0.717, 1.165) is 49.8 Å². The minimum absolute atomic E-state index is 0.00427. The predicted octanol–water partition coefficient (Wildman–Crippen LogP) is 1.92. The van der Waals surface area contributed by atoms with Gasteiger partial charge in [0, 0.05) is 39.3 Å². The Hall–Kier alpha value is -3.10. The van der Waals surface area contributed by atoms with Crippen molar-refractivity contribution in [3.63, 3.8) is 0 Å². The number of methoxy groups -OCH3 is 3. The quantitative estimate of drug-likeness (QED) is 0.596. The number of hydrogen-bond donors (Lipinski definition) is 1. The molecular formula is C24H31N3O5. The topological polar surface area (TPSA) is 80.3 Å². The lowest BCUT2D eigenvalue weighted by atomic mass is 10.1. The highest BCUT2D eigenvalue weighted by molar-refractivity contribution is 5.89. The highest BCUT2D eigenvalue weighted by Crippen LogP contribution is 2.28. The molecule has 172 valence electrons. The molecule has 0 unspecified atom stereocenters. The van der Waals surface area contributed by atoms with Crippen molar-refractivity contribution in [1.29, 1.82) is 0 Å². The number of esters is 1. The van der Waals surface area contributed by atoms with Crippen LogP contribution in [0.3, 0.4) is 0 Å². The SMILES string of the molecule is COC(=O)c1ccc(CNC(=O)CN2CCN(Cc3ccc(OC)c(OC)c3)CC2)cc1. The van der Waals surface area contributed by atoms with Gasteiger partial charge in [-0.05, 0) is 35.4 Å². The van der Waals surface area contributed by atoms with E-state index in [2.05, 4.69) is 21.2 Å². The van der Waals surface area contributed by atoms with Crippen LogP contribution in [0.4, 0.5) is 0 Å². The van der Waals surface area contributed by atoms with Crippen LogP contribution in [-0.4, -0.2) is 75.7 Å². The van der Waals surface area contributed by atoms with Crippen LogP contribution in [0, 0.1) is 0 Å². The van der Waals surface area contributed by atoms with Crippen LogP contribution >= 0.6 is 0 Å². The summed E-state index contributed by atoms with van der Waals surface area (Å²) in [6, 6.07) is 13.0. The summed E-state index contributed by atoms with van der Waals surface area (Å²) in [6.45, 7) is 5.13. The monoisotopic (exact) mass is 441 g/mol. The molecule has 8 nitrogen and oxygen atoms in total. The maximum atomic E-state index is 12.3. The third kappa shape index (κ3) is 6.45. The highest BCUT2D eigenvalue weighted by atomic mass is 16.5. The molecule has 1 heterocycles. The molecule has 1 aliphatic heterocycles. The first-order valence-corrected chi connectivity index (χ1v) is 10.6. The fourth-order valence-corrected chi connectivity index (χ4v) is 3.68. The fourth-order valence-electron chi connectivity index (χ4n) is 3.68. The Balaban J connectivity index is 1.40. The normalized spacial score (nSPS) is 14.6. The van der Waals surface area contributed by atoms with E-state index >= 15 is 0 Å². The van der Waals surface area contributed by atoms with E-state index in [-0.39, 0.29) is 11.9 Å². The van der Waals surface area contributed by atoms with Gasteiger partial charge in [0.2, 0.25) is 5.91 Å². The molecule has 3 rings (SSSR count). The first kappa shape index (κ1) is 23.6. The van der Waals surface area contributed by atoms with Gasteiger partial charge in [0.25, 0.3) is 0 Å². The lowest BCUT2D eigenvalue weighted by molar-refractivity contribution is -0.122. The smallest absolute Gasteiger partial charge is 0.337 e. The second kappa shape index (κ2) is 11.5. The van der Waals surface area contributed by atoms with Crippen molar-refractivity contribution < 1.29 is 23.8 Å². The van der Waals surface area contributed by atoms with Crippen molar-refractivity contribution in [2.45, 2.75) is 13.1 Å².